The van der Waals surface area contributed by atoms with E-state index >= 15 is 0 Å². The molecule has 1 N–H and O–H groups in total. The van der Waals surface area contributed by atoms with Crippen LogP contribution in [0.4, 0.5) is 5.82 Å². The highest BCUT2D eigenvalue weighted by atomic mass is 15.0. The van der Waals surface area contributed by atoms with Gasteiger partial charge in [0.05, 0.1) is 0 Å². The lowest BCUT2D eigenvalue weighted by Crippen LogP contribution is -1.98. The van der Waals surface area contributed by atoms with Crippen LogP contribution >= 0.6 is 0 Å². The number of nitrogens with one attached hydrogen (secondary N) is 1. The Morgan fingerprint density at radius 2 is 1.83 bits per heavy atom. The standard InChI is InChI=1S/C7H11N3.C2H6/c1-5-4-9-6(2)10-7(5)8-3;1-2/h4H,1-3H3,(H,8,9,10);1-2H3. The summed E-state index contributed by atoms with van der Waals surface area (Å²) in [4.78, 5) is 8.21. The summed E-state index contributed by atoms with van der Waals surface area (Å²) in [6.45, 7) is 7.85. The van der Waals surface area contributed by atoms with Gasteiger partial charge in [-0.15, -0.1) is 0 Å². The van der Waals surface area contributed by atoms with Crippen LogP contribution in [-0.2, 0) is 0 Å². The Bertz CT molecular complexity index is 233. The molecule has 0 atom stereocenters. The minimum Gasteiger partial charge on any atom is -0.373 e. The molecule has 1 aromatic heterocycles. The van der Waals surface area contributed by atoms with Gasteiger partial charge in [0.15, 0.2) is 0 Å². The molecule has 12 heavy (non-hydrogen) atoms. The molecule has 0 saturated heterocycles. The van der Waals surface area contributed by atoms with Gasteiger partial charge in [0.25, 0.3) is 0 Å². The number of aryl methyl sites for hydroxylation is 2. The predicted molar refractivity (Wildman–Crippen MR) is 52.4 cm³/mol. The van der Waals surface area contributed by atoms with Crippen molar-refractivity contribution in [1.82, 2.24) is 9.97 Å². The Hall–Kier alpha value is -1.12. The molecule has 3 heteroatoms. The number of hydrogen-bond donors (Lipinski definition) is 1. The molecule has 0 saturated carbocycles. The molecule has 0 amide bonds. The SMILES string of the molecule is CC.CNc1nc(C)ncc1C. The zero-order chi connectivity index (χ0) is 9.56. The Morgan fingerprint density at radius 1 is 1.25 bits per heavy atom. The molecule has 1 aromatic rings. The van der Waals surface area contributed by atoms with E-state index in [9.17, 15) is 0 Å². The van der Waals surface area contributed by atoms with E-state index in [4.69, 9.17) is 0 Å². The number of nitrogens with zero attached hydrogens (tertiary/aromatic N) is 2. The fraction of sp³-hybridized carbons (Fsp3) is 0.556. The summed E-state index contributed by atoms with van der Waals surface area (Å²) in [5, 5.41) is 2.98. The Labute approximate surface area is 74.3 Å². The first-order valence-corrected chi connectivity index (χ1v) is 4.22. The number of hydrogen-bond acceptors (Lipinski definition) is 3. The maximum atomic E-state index is 4.17. The molecular formula is C9H17N3. The lowest BCUT2D eigenvalue weighted by Gasteiger charge is -2.02. The fourth-order valence-electron chi connectivity index (χ4n) is 0.783. The van der Waals surface area contributed by atoms with Crippen LogP contribution in [0.5, 0.6) is 0 Å². The van der Waals surface area contributed by atoms with Gasteiger partial charge in [0.2, 0.25) is 0 Å². The summed E-state index contributed by atoms with van der Waals surface area (Å²) in [6.07, 6.45) is 1.81. The molecule has 0 radical (unpaired) electrons. The van der Waals surface area contributed by atoms with Gasteiger partial charge < -0.3 is 5.32 Å². The Kier molecular flexibility index (Phi) is 5.00. The molecule has 68 valence electrons. The second-order valence-electron chi connectivity index (χ2n) is 2.20. The van der Waals surface area contributed by atoms with Crippen molar-refractivity contribution in [3.63, 3.8) is 0 Å². The van der Waals surface area contributed by atoms with E-state index in [2.05, 4.69) is 15.3 Å². The predicted octanol–water partition coefficient (Wildman–Crippen LogP) is 2.16. The minimum absolute atomic E-state index is 0.801. The third kappa shape index (κ3) is 2.86. The summed E-state index contributed by atoms with van der Waals surface area (Å²) in [5.74, 6) is 1.71. The van der Waals surface area contributed by atoms with Gasteiger partial charge in [-0.2, -0.15) is 0 Å². The van der Waals surface area contributed by atoms with Crippen LogP contribution in [0.2, 0.25) is 0 Å². The molecule has 1 rings (SSSR count). The summed E-state index contributed by atoms with van der Waals surface area (Å²) >= 11 is 0. The molecular weight excluding hydrogens is 150 g/mol. The van der Waals surface area contributed by atoms with Crippen molar-refractivity contribution in [2.75, 3.05) is 12.4 Å². The highest BCUT2D eigenvalue weighted by Crippen LogP contribution is 2.07. The number of rotatable bonds is 1. The van der Waals surface area contributed by atoms with Crippen molar-refractivity contribution >= 4 is 5.82 Å². The van der Waals surface area contributed by atoms with Crippen LogP contribution in [0.15, 0.2) is 6.20 Å². The summed E-state index contributed by atoms with van der Waals surface area (Å²) in [7, 11) is 1.86. The van der Waals surface area contributed by atoms with Crippen molar-refractivity contribution in [1.29, 1.82) is 0 Å². The fourth-order valence-corrected chi connectivity index (χ4v) is 0.783. The van der Waals surface area contributed by atoms with Crippen LogP contribution < -0.4 is 5.32 Å². The lowest BCUT2D eigenvalue weighted by atomic mass is 10.3. The van der Waals surface area contributed by atoms with E-state index in [0.717, 1.165) is 17.2 Å². The van der Waals surface area contributed by atoms with Crippen LogP contribution in [0.25, 0.3) is 0 Å². The van der Waals surface area contributed by atoms with Gasteiger partial charge >= 0.3 is 0 Å². The van der Waals surface area contributed by atoms with Gasteiger partial charge in [-0.05, 0) is 13.8 Å². The normalized spacial score (nSPS) is 8.42. The van der Waals surface area contributed by atoms with Crippen LogP contribution in [0.3, 0.4) is 0 Å². The van der Waals surface area contributed by atoms with Crippen molar-refractivity contribution in [3.05, 3.63) is 17.6 Å². The van der Waals surface area contributed by atoms with Crippen LogP contribution in [-0.4, -0.2) is 17.0 Å². The molecule has 0 aliphatic rings. The first kappa shape index (κ1) is 10.9. The molecule has 0 fully saturated rings. The van der Waals surface area contributed by atoms with Crippen LogP contribution in [0, 0.1) is 13.8 Å². The van der Waals surface area contributed by atoms with E-state index in [1.807, 2.05) is 40.9 Å². The first-order chi connectivity index (χ1) is 5.74. The van der Waals surface area contributed by atoms with E-state index in [0.29, 0.717) is 0 Å². The zero-order valence-electron chi connectivity index (χ0n) is 8.47. The van der Waals surface area contributed by atoms with Crippen molar-refractivity contribution in [2.24, 2.45) is 0 Å². The monoisotopic (exact) mass is 167 g/mol. The average molecular weight is 167 g/mol. The average Bonchev–Trinajstić information content (AvgIpc) is 2.13. The van der Waals surface area contributed by atoms with Crippen molar-refractivity contribution in [3.8, 4) is 0 Å². The van der Waals surface area contributed by atoms with Crippen LogP contribution in [0.1, 0.15) is 25.2 Å². The molecule has 0 spiro atoms. The quantitative estimate of drug-likeness (QED) is 0.696. The third-order valence-electron chi connectivity index (χ3n) is 1.33. The zero-order valence-corrected chi connectivity index (χ0v) is 8.47. The van der Waals surface area contributed by atoms with Crippen molar-refractivity contribution < 1.29 is 0 Å². The topological polar surface area (TPSA) is 37.8 Å². The Morgan fingerprint density at radius 3 is 2.25 bits per heavy atom. The van der Waals surface area contributed by atoms with Gasteiger partial charge in [-0.25, -0.2) is 9.97 Å². The molecule has 0 aromatic carbocycles. The van der Waals surface area contributed by atoms with E-state index in [1.165, 1.54) is 0 Å². The molecule has 1 heterocycles. The summed E-state index contributed by atoms with van der Waals surface area (Å²) in [5.41, 5.74) is 1.08. The number of anilines is 1. The highest BCUT2D eigenvalue weighted by molar-refractivity contribution is 5.40. The Balaban J connectivity index is 0.000000561. The minimum atomic E-state index is 0.801. The van der Waals surface area contributed by atoms with Gasteiger partial charge in [-0.1, -0.05) is 13.8 Å². The maximum absolute atomic E-state index is 4.17. The maximum Gasteiger partial charge on any atom is 0.132 e. The lowest BCUT2D eigenvalue weighted by molar-refractivity contribution is 1.03. The third-order valence-corrected chi connectivity index (χ3v) is 1.33. The molecule has 3 nitrogen and oxygen atoms in total. The van der Waals surface area contributed by atoms with Crippen molar-refractivity contribution in [2.45, 2.75) is 27.7 Å². The molecule has 0 aliphatic carbocycles. The van der Waals surface area contributed by atoms with Gasteiger partial charge in [-0.3, -0.25) is 0 Å². The molecule has 0 unspecified atom stereocenters. The van der Waals surface area contributed by atoms with Gasteiger partial charge in [0, 0.05) is 18.8 Å². The van der Waals surface area contributed by atoms with E-state index < -0.39 is 0 Å². The summed E-state index contributed by atoms with van der Waals surface area (Å²) < 4.78 is 0. The van der Waals surface area contributed by atoms with Gasteiger partial charge in [0.1, 0.15) is 11.6 Å². The first-order valence-electron chi connectivity index (χ1n) is 4.22. The second kappa shape index (κ2) is 5.52. The largest absolute Gasteiger partial charge is 0.373 e. The highest BCUT2D eigenvalue weighted by Gasteiger charge is 1.95. The van der Waals surface area contributed by atoms with E-state index in [1.54, 1.807) is 0 Å². The molecule has 0 bridgehead atoms. The van der Waals surface area contributed by atoms with E-state index in [-0.39, 0.29) is 0 Å². The smallest absolute Gasteiger partial charge is 0.132 e. The number of aromatic nitrogens is 2. The summed E-state index contributed by atoms with van der Waals surface area (Å²) in [6, 6.07) is 0. The molecule has 0 aliphatic heterocycles. The second-order valence-corrected chi connectivity index (χ2v) is 2.20.